The van der Waals surface area contributed by atoms with Crippen LogP contribution in [0.15, 0.2) is 0 Å². The first-order chi connectivity index (χ1) is 14.4. The Labute approximate surface area is 171 Å². The molecule has 0 spiro atoms. The molecule has 162 valence electrons. The molecule has 0 saturated heterocycles. The summed E-state index contributed by atoms with van der Waals surface area (Å²) >= 11 is 0. The van der Waals surface area contributed by atoms with Crippen LogP contribution in [0.1, 0.15) is 66.6 Å². The molecule has 0 aliphatic carbocycles. The molecule has 1 rings (SSSR count). The van der Waals surface area contributed by atoms with E-state index >= 15 is 0 Å². The molecule has 0 saturated carbocycles. The highest BCUT2D eigenvalue weighted by molar-refractivity contribution is 7.81. The monoisotopic (exact) mass is 424 g/mol. The van der Waals surface area contributed by atoms with Crippen LogP contribution in [0.3, 0.4) is 0 Å². The average Bonchev–Trinajstić information content (AvgIpc) is 2.64. The molecule has 0 radical (unpaired) electrons. The van der Waals surface area contributed by atoms with E-state index in [1.54, 1.807) is 0 Å². The third-order valence-electron chi connectivity index (χ3n) is 4.54. The first-order valence-corrected chi connectivity index (χ1v) is 10.7. The molecule has 28 heavy (non-hydrogen) atoms. The Kier molecular flexibility index (Phi) is 8.39. The predicted octanol–water partition coefficient (Wildman–Crippen LogP) is 3.56. The molecule has 9 heteroatoms. The standard InChI is InChI=1S/C19H32O8S/c1-14-15(12-10-8-6-4-5-7-9-11-13-20)16(21)18(25-2)19(26-3)17(14)27-28(22,23)24/h20-21H,4-13H2,1-3H3,(H,22,23,24)/i3+1D3. The number of phenols is 1. The Balaban J connectivity index is 3.01. The second-order valence-electron chi connectivity index (χ2n) is 6.56. The van der Waals surface area contributed by atoms with Crippen molar-refractivity contribution < 1.29 is 41.0 Å². The van der Waals surface area contributed by atoms with E-state index < -0.39 is 28.9 Å². The highest BCUT2D eigenvalue weighted by atomic mass is 32.3. The van der Waals surface area contributed by atoms with Crippen LogP contribution in [0, 0.1) is 6.92 Å². The van der Waals surface area contributed by atoms with Gasteiger partial charge in [-0.25, -0.2) is 0 Å². The molecule has 0 fully saturated rings. The lowest BCUT2D eigenvalue weighted by Gasteiger charge is -2.19. The van der Waals surface area contributed by atoms with Crippen molar-refractivity contribution in [3.05, 3.63) is 11.1 Å². The van der Waals surface area contributed by atoms with E-state index in [1.807, 2.05) is 0 Å². The molecule has 0 aromatic heterocycles. The van der Waals surface area contributed by atoms with Crippen molar-refractivity contribution in [2.45, 2.75) is 64.7 Å². The van der Waals surface area contributed by atoms with Crippen molar-refractivity contribution in [3.8, 4) is 23.0 Å². The van der Waals surface area contributed by atoms with Gasteiger partial charge in [0.2, 0.25) is 11.5 Å². The van der Waals surface area contributed by atoms with Crippen LogP contribution in [0.25, 0.3) is 0 Å². The van der Waals surface area contributed by atoms with Crippen LogP contribution in [-0.4, -0.2) is 43.9 Å². The maximum atomic E-state index is 11.3. The Morgan fingerprint density at radius 2 is 1.50 bits per heavy atom. The Hall–Kier alpha value is -1.71. The van der Waals surface area contributed by atoms with Crippen LogP contribution in [0.2, 0.25) is 0 Å². The second-order valence-corrected chi connectivity index (χ2v) is 7.58. The summed E-state index contributed by atoms with van der Waals surface area (Å²) in [7, 11) is -6.81. The summed E-state index contributed by atoms with van der Waals surface area (Å²) in [5, 5.41) is 19.4. The lowest BCUT2D eigenvalue weighted by atomic mass is 9.98. The number of hydrogen-bond acceptors (Lipinski definition) is 7. The van der Waals surface area contributed by atoms with Gasteiger partial charge in [-0.05, 0) is 26.2 Å². The summed E-state index contributed by atoms with van der Waals surface area (Å²) in [6.45, 7) is 1.65. The van der Waals surface area contributed by atoms with Gasteiger partial charge in [0.05, 0.1) is 18.3 Å². The molecule has 0 heterocycles. The number of methoxy groups -OCH3 is 2. The maximum Gasteiger partial charge on any atom is 0.446 e. The van der Waals surface area contributed by atoms with Gasteiger partial charge in [0, 0.05) is 17.7 Å². The summed E-state index contributed by atoms with van der Waals surface area (Å²) in [4.78, 5) is 0. The second kappa shape index (κ2) is 12.0. The highest BCUT2D eigenvalue weighted by Crippen LogP contribution is 2.49. The summed E-state index contributed by atoms with van der Waals surface area (Å²) in [6, 6.07) is 0. The number of hydrogen-bond donors (Lipinski definition) is 3. The smallest absolute Gasteiger partial charge is 0.446 e. The van der Waals surface area contributed by atoms with Crippen molar-refractivity contribution in [3.63, 3.8) is 0 Å². The summed E-state index contributed by atoms with van der Waals surface area (Å²) in [6.07, 6.45) is 7.88. The largest absolute Gasteiger partial charge is 0.504 e. The molecule has 1 aromatic rings. The van der Waals surface area contributed by atoms with E-state index in [-0.39, 0.29) is 23.7 Å². The zero-order valence-corrected chi connectivity index (χ0v) is 17.2. The quantitative estimate of drug-likeness (QED) is 0.235. The number of aliphatic hydroxyl groups excluding tert-OH is 1. The summed E-state index contributed by atoms with van der Waals surface area (Å²) < 4.78 is 68.1. The maximum absolute atomic E-state index is 11.3. The van der Waals surface area contributed by atoms with Crippen molar-refractivity contribution in [1.29, 1.82) is 0 Å². The van der Waals surface area contributed by atoms with Crippen LogP contribution in [0.4, 0.5) is 0 Å². The molecule has 0 aliphatic heterocycles. The third kappa shape index (κ3) is 7.37. The fraction of sp³-hybridized carbons (Fsp3) is 0.684. The van der Waals surface area contributed by atoms with Gasteiger partial charge in [0.15, 0.2) is 11.5 Å². The van der Waals surface area contributed by atoms with Crippen molar-refractivity contribution in [2.75, 3.05) is 20.8 Å². The van der Waals surface area contributed by atoms with Crippen LogP contribution < -0.4 is 13.7 Å². The van der Waals surface area contributed by atoms with Gasteiger partial charge in [-0.3, -0.25) is 4.55 Å². The molecule has 0 bridgehead atoms. The normalized spacial score (nSPS) is 13.5. The van der Waals surface area contributed by atoms with Crippen molar-refractivity contribution >= 4 is 10.4 Å². The number of rotatable bonds is 14. The van der Waals surface area contributed by atoms with Gasteiger partial charge in [0.1, 0.15) is 0 Å². The van der Waals surface area contributed by atoms with E-state index in [0.29, 0.717) is 18.4 Å². The van der Waals surface area contributed by atoms with E-state index in [9.17, 15) is 13.5 Å². The van der Waals surface area contributed by atoms with Crippen LogP contribution in [-0.2, 0) is 16.8 Å². The van der Waals surface area contributed by atoms with Crippen molar-refractivity contribution in [1.82, 2.24) is 0 Å². The van der Waals surface area contributed by atoms with Gasteiger partial charge >= 0.3 is 10.4 Å². The molecule has 1 aromatic carbocycles. The van der Waals surface area contributed by atoms with Gasteiger partial charge in [-0.1, -0.05) is 38.5 Å². The Bertz CT molecular complexity index is 810. The van der Waals surface area contributed by atoms with E-state index in [1.165, 1.54) is 6.92 Å². The summed E-state index contributed by atoms with van der Waals surface area (Å²) in [5.41, 5.74) is 0.440. The number of phenolic OH excluding ortho intramolecular Hbond substituents is 1. The van der Waals surface area contributed by atoms with Crippen LogP contribution in [0.5, 0.6) is 23.0 Å². The topological polar surface area (TPSA) is 123 Å². The average molecular weight is 425 g/mol. The highest BCUT2D eigenvalue weighted by Gasteiger charge is 2.27. The lowest BCUT2D eigenvalue weighted by Crippen LogP contribution is -2.11. The molecule has 0 unspecified atom stereocenters. The minimum absolute atomic E-state index is 0.124. The molecule has 8 nitrogen and oxygen atoms in total. The Morgan fingerprint density at radius 1 is 0.929 bits per heavy atom. The van der Waals surface area contributed by atoms with E-state index in [4.69, 9.17) is 23.2 Å². The van der Waals surface area contributed by atoms with Crippen molar-refractivity contribution in [2.24, 2.45) is 0 Å². The minimum atomic E-state index is -4.99. The van der Waals surface area contributed by atoms with Crippen LogP contribution >= 0.6 is 0 Å². The molecule has 0 aliphatic rings. The number of ether oxygens (including phenoxy) is 2. The van der Waals surface area contributed by atoms with Gasteiger partial charge in [0.25, 0.3) is 0 Å². The molecule has 0 atom stereocenters. The SMILES string of the molecule is [2H][13C]([2H])([2H])Oc1c(OS(=O)(=O)O)c(C)c(CCCCCCCCCCO)c(O)c1OC. The first-order valence-electron chi connectivity index (χ1n) is 10.8. The zero-order valence-electron chi connectivity index (χ0n) is 19.4. The fourth-order valence-corrected chi connectivity index (χ4v) is 3.51. The molecular formula is C19H32O8S. The lowest BCUT2D eigenvalue weighted by molar-refractivity contribution is 0.282. The predicted molar refractivity (Wildman–Crippen MR) is 106 cm³/mol. The van der Waals surface area contributed by atoms with Gasteiger partial charge < -0.3 is 23.9 Å². The summed E-state index contributed by atoms with van der Waals surface area (Å²) in [5.74, 6) is -1.95. The number of aliphatic hydroxyl groups is 1. The fourth-order valence-electron chi connectivity index (χ4n) is 3.10. The van der Waals surface area contributed by atoms with Gasteiger partial charge in [-0.15, -0.1) is 0 Å². The van der Waals surface area contributed by atoms with Gasteiger partial charge in [-0.2, -0.15) is 8.42 Å². The third-order valence-corrected chi connectivity index (χ3v) is 4.91. The zero-order chi connectivity index (χ0) is 23.7. The van der Waals surface area contributed by atoms with E-state index in [2.05, 4.69) is 4.18 Å². The number of unbranched alkanes of at least 4 members (excludes halogenated alkanes) is 7. The number of aromatic hydroxyl groups is 1. The molecule has 3 N–H and O–H groups in total. The molecule has 0 amide bonds. The minimum Gasteiger partial charge on any atom is -0.504 e. The number of benzene rings is 1. The Morgan fingerprint density at radius 3 is 2.00 bits per heavy atom. The molecular weight excluding hydrogens is 389 g/mol. The van der Waals surface area contributed by atoms with E-state index in [0.717, 1.165) is 52.1 Å². The first kappa shape index (κ1) is 19.6.